The molecule has 0 amide bonds. The largest absolute Gasteiger partial charge is 0.475 e. The van der Waals surface area contributed by atoms with Gasteiger partial charge in [-0.05, 0) is 38.0 Å². The SMILES string of the molecule is CCCCCCCCCCCCCCCCC(=O)Cc1ccc(C2=NC(C)(C)CO2)cc1. The number of ether oxygens (including phenoxy) is 1. The maximum absolute atomic E-state index is 12.3. The van der Waals surface area contributed by atoms with Crippen LogP contribution in [-0.4, -0.2) is 23.8 Å². The van der Waals surface area contributed by atoms with Crippen LogP contribution in [0.4, 0.5) is 0 Å². The average molecular weight is 442 g/mol. The summed E-state index contributed by atoms with van der Waals surface area (Å²) in [6.07, 6.45) is 20.1. The van der Waals surface area contributed by atoms with E-state index < -0.39 is 0 Å². The number of hydrogen-bond donors (Lipinski definition) is 0. The Kier molecular flexibility index (Phi) is 12.7. The standard InChI is InChI=1S/C29H47NO2/c1-4-5-6-7-8-9-10-11-12-13-14-15-16-17-18-27(31)23-25-19-21-26(22-20-25)28-30-29(2,3)24-32-28/h19-22H,4-18,23-24H2,1-3H3. The highest BCUT2D eigenvalue weighted by atomic mass is 16.5. The number of nitrogens with zero attached hydrogens (tertiary/aromatic N) is 1. The van der Waals surface area contributed by atoms with E-state index in [4.69, 9.17) is 4.74 Å². The minimum absolute atomic E-state index is 0.141. The summed E-state index contributed by atoms with van der Waals surface area (Å²) in [6.45, 7) is 7.05. The number of benzene rings is 1. The third-order valence-corrected chi connectivity index (χ3v) is 6.38. The van der Waals surface area contributed by atoms with E-state index in [0.29, 0.717) is 25.2 Å². The lowest BCUT2D eigenvalue weighted by Crippen LogP contribution is -2.17. The van der Waals surface area contributed by atoms with Gasteiger partial charge in [0.25, 0.3) is 0 Å². The smallest absolute Gasteiger partial charge is 0.216 e. The van der Waals surface area contributed by atoms with Gasteiger partial charge in [0.15, 0.2) is 0 Å². The van der Waals surface area contributed by atoms with E-state index in [2.05, 4.69) is 25.8 Å². The molecule has 1 aliphatic heterocycles. The van der Waals surface area contributed by atoms with Crippen LogP contribution in [0, 0.1) is 0 Å². The van der Waals surface area contributed by atoms with Crippen LogP contribution in [-0.2, 0) is 16.0 Å². The number of carbonyl (C=O) groups excluding carboxylic acids is 1. The van der Waals surface area contributed by atoms with Gasteiger partial charge < -0.3 is 4.74 Å². The van der Waals surface area contributed by atoms with Gasteiger partial charge >= 0.3 is 0 Å². The number of Topliss-reactive ketones (excluding diaryl/α,β-unsaturated/α-hetero) is 1. The van der Waals surface area contributed by atoms with Crippen molar-refractivity contribution in [2.24, 2.45) is 4.99 Å². The molecule has 0 unspecified atom stereocenters. The minimum Gasteiger partial charge on any atom is -0.475 e. The molecule has 0 saturated carbocycles. The van der Waals surface area contributed by atoms with E-state index in [0.717, 1.165) is 23.4 Å². The van der Waals surface area contributed by atoms with Crippen LogP contribution < -0.4 is 0 Å². The highest BCUT2D eigenvalue weighted by Gasteiger charge is 2.26. The fraction of sp³-hybridized carbons (Fsp3) is 0.724. The van der Waals surface area contributed by atoms with Crippen molar-refractivity contribution in [3.63, 3.8) is 0 Å². The van der Waals surface area contributed by atoms with E-state index in [1.807, 2.05) is 24.3 Å². The summed E-state index contributed by atoms with van der Waals surface area (Å²) in [7, 11) is 0. The van der Waals surface area contributed by atoms with Crippen molar-refractivity contribution in [1.29, 1.82) is 0 Å². The van der Waals surface area contributed by atoms with Crippen molar-refractivity contribution >= 4 is 11.7 Å². The van der Waals surface area contributed by atoms with Crippen LogP contribution in [0.25, 0.3) is 0 Å². The number of ketones is 1. The van der Waals surface area contributed by atoms with Gasteiger partial charge in [-0.25, -0.2) is 4.99 Å². The van der Waals surface area contributed by atoms with Gasteiger partial charge in [-0.2, -0.15) is 0 Å². The number of aliphatic imine (C=N–C) groups is 1. The third kappa shape index (κ3) is 11.3. The summed E-state index contributed by atoms with van der Waals surface area (Å²) in [5.74, 6) is 1.07. The fourth-order valence-corrected chi connectivity index (χ4v) is 4.33. The van der Waals surface area contributed by atoms with Gasteiger partial charge in [0.1, 0.15) is 12.4 Å². The molecule has 0 N–H and O–H groups in total. The molecule has 180 valence electrons. The summed E-state index contributed by atoms with van der Waals surface area (Å²) >= 11 is 0. The number of rotatable bonds is 18. The maximum atomic E-state index is 12.3. The van der Waals surface area contributed by atoms with E-state index in [1.165, 1.54) is 83.5 Å². The molecular weight excluding hydrogens is 394 g/mol. The monoisotopic (exact) mass is 441 g/mol. The van der Waals surface area contributed by atoms with E-state index >= 15 is 0 Å². The van der Waals surface area contributed by atoms with Gasteiger partial charge in [0.05, 0.1) is 5.54 Å². The Bertz CT molecular complexity index is 675. The van der Waals surface area contributed by atoms with Gasteiger partial charge in [-0.15, -0.1) is 0 Å². The summed E-state index contributed by atoms with van der Waals surface area (Å²) in [6, 6.07) is 8.12. The molecule has 3 heteroatoms. The second-order valence-corrected chi connectivity index (χ2v) is 10.3. The lowest BCUT2D eigenvalue weighted by Gasteiger charge is -2.07. The number of unbranched alkanes of at least 4 members (excludes halogenated alkanes) is 13. The molecule has 0 bridgehead atoms. The fourth-order valence-electron chi connectivity index (χ4n) is 4.33. The molecule has 0 saturated heterocycles. The Labute approximate surface area is 197 Å². The second kappa shape index (κ2) is 15.2. The molecule has 0 aromatic heterocycles. The molecule has 1 aromatic carbocycles. The Morgan fingerprint density at radius 2 is 1.31 bits per heavy atom. The molecule has 1 heterocycles. The summed E-state index contributed by atoms with van der Waals surface area (Å²) in [4.78, 5) is 16.9. The molecule has 0 radical (unpaired) electrons. The van der Waals surface area contributed by atoms with Crippen molar-refractivity contribution in [3.05, 3.63) is 35.4 Å². The second-order valence-electron chi connectivity index (χ2n) is 10.3. The zero-order valence-electron chi connectivity index (χ0n) is 21.1. The van der Waals surface area contributed by atoms with Crippen molar-refractivity contribution in [2.45, 2.75) is 129 Å². The molecule has 32 heavy (non-hydrogen) atoms. The quantitative estimate of drug-likeness (QED) is 0.215. The van der Waals surface area contributed by atoms with Crippen molar-refractivity contribution in [2.75, 3.05) is 6.61 Å². The van der Waals surface area contributed by atoms with Crippen LogP contribution in [0.2, 0.25) is 0 Å². The summed E-state index contributed by atoms with van der Waals surface area (Å²) in [5.41, 5.74) is 1.94. The molecule has 2 rings (SSSR count). The predicted octanol–water partition coefficient (Wildman–Crippen LogP) is 8.23. The topological polar surface area (TPSA) is 38.7 Å². The Morgan fingerprint density at radius 3 is 1.78 bits per heavy atom. The number of hydrogen-bond acceptors (Lipinski definition) is 3. The molecular formula is C29H47NO2. The highest BCUT2D eigenvalue weighted by molar-refractivity contribution is 5.95. The van der Waals surface area contributed by atoms with Crippen LogP contribution in [0.1, 0.15) is 128 Å². The molecule has 0 fully saturated rings. The van der Waals surface area contributed by atoms with Gasteiger partial charge in [-0.1, -0.05) is 103 Å². The van der Waals surface area contributed by atoms with Crippen LogP contribution in [0.15, 0.2) is 29.3 Å². The Balaban J connectivity index is 1.45. The zero-order valence-corrected chi connectivity index (χ0v) is 21.1. The number of carbonyl (C=O) groups is 1. The van der Waals surface area contributed by atoms with Gasteiger partial charge in [-0.3, -0.25) is 4.79 Å². The zero-order chi connectivity index (χ0) is 23.1. The maximum Gasteiger partial charge on any atom is 0.216 e. The normalized spacial score (nSPS) is 14.9. The minimum atomic E-state index is -0.141. The van der Waals surface area contributed by atoms with Crippen molar-refractivity contribution < 1.29 is 9.53 Å². The Hall–Kier alpha value is -1.64. The first-order valence-corrected chi connectivity index (χ1v) is 13.3. The average Bonchev–Trinajstić information content (AvgIpc) is 3.14. The molecule has 3 nitrogen and oxygen atoms in total. The lowest BCUT2D eigenvalue weighted by molar-refractivity contribution is -0.118. The van der Waals surface area contributed by atoms with Crippen LogP contribution in [0.5, 0.6) is 0 Å². The first-order valence-electron chi connectivity index (χ1n) is 13.3. The first kappa shape index (κ1) is 26.6. The molecule has 1 aliphatic rings. The molecule has 0 atom stereocenters. The van der Waals surface area contributed by atoms with E-state index in [1.54, 1.807) is 0 Å². The highest BCUT2D eigenvalue weighted by Crippen LogP contribution is 2.21. The van der Waals surface area contributed by atoms with Crippen LogP contribution in [0.3, 0.4) is 0 Å². The van der Waals surface area contributed by atoms with Crippen LogP contribution >= 0.6 is 0 Å². The van der Waals surface area contributed by atoms with Crippen molar-refractivity contribution in [3.8, 4) is 0 Å². The first-order chi connectivity index (χ1) is 15.5. The predicted molar refractivity (Wildman–Crippen MR) is 137 cm³/mol. The molecule has 1 aromatic rings. The third-order valence-electron chi connectivity index (χ3n) is 6.38. The summed E-state index contributed by atoms with van der Waals surface area (Å²) in [5, 5.41) is 0. The van der Waals surface area contributed by atoms with E-state index in [9.17, 15) is 4.79 Å². The molecule has 0 spiro atoms. The van der Waals surface area contributed by atoms with Crippen molar-refractivity contribution in [1.82, 2.24) is 0 Å². The summed E-state index contributed by atoms with van der Waals surface area (Å²) < 4.78 is 5.69. The van der Waals surface area contributed by atoms with Gasteiger partial charge in [0.2, 0.25) is 5.90 Å². The molecule has 0 aliphatic carbocycles. The lowest BCUT2D eigenvalue weighted by atomic mass is 10.0. The van der Waals surface area contributed by atoms with Gasteiger partial charge in [0, 0.05) is 18.4 Å². The Morgan fingerprint density at radius 1 is 0.812 bits per heavy atom. The van der Waals surface area contributed by atoms with E-state index in [-0.39, 0.29) is 5.54 Å².